The normalized spacial score (nSPS) is 22.2. The van der Waals surface area contributed by atoms with Gasteiger partial charge in [-0.25, -0.2) is 17.9 Å². The van der Waals surface area contributed by atoms with Crippen LogP contribution in [0, 0.1) is 22.9 Å². The predicted molar refractivity (Wildman–Crippen MR) is 119 cm³/mol. The number of nitrogens with one attached hydrogen (secondary N) is 1. The predicted octanol–water partition coefficient (Wildman–Crippen LogP) is 4.18. The molecule has 1 fully saturated rings. The maximum atomic E-state index is 15.9. The van der Waals surface area contributed by atoms with Crippen molar-refractivity contribution in [2.45, 2.75) is 84.3 Å². The van der Waals surface area contributed by atoms with Crippen LogP contribution in [0.25, 0.3) is 5.69 Å². The van der Waals surface area contributed by atoms with Crippen molar-refractivity contribution in [1.82, 2.24) is 9.78 Å². The molecule has 0 atom stereocenters. The van der Waals surface area contributed by atoms with Crippen molar-refractivity contribution in [1.29, 1.82) is 0 Å². The Balaban J connectivity index is 1.89. The number of nitrogens with two attached hydrogens (primary N) is 1. The van der Waals surface area contributed by atoms with E-state index in [1.807, 2.05) is 6.92 Å². The first kappa shape index (κ1) is 23.6. The number of carbonyl (C=O) groups is 1. The lowest BCUT2D eigenvalue weighted by Crippen LogP contribution is -2.31. The van der Waals surface area contributed by atoms with Crippen LogP contribution in [0.1, 0.15) is 80.2 Å². The van der Waals surface area contributed by atoms with Crippen molar-refractivity contribution in [2.75, 3.05) is 5.32 Å². The molecule has 2 aliphatic rings. The Labute approximate surface area is 191 Å². The quantitative estimate of drug-likeness (QED) is 0.579. The summed E-state index contributed by atoms with van der Waals surface area (Å²) in [6, 6.07) is -0.310. The van der Waals surface area contributed by atoms with Crippen LogP contribution in [0.15, 0.2) is 0 Å². The number of amides is 1. The van der Waals surface area contributed by atoms with E-state index in [9.17, 15) is 9.90 Å². The van der Waals surface area contributed by atoms with Crippen LogP contribution in [-0.4, -0.2) is 32.9 Å². The molecular formula is C24H31F3N4O2. The van der Waals surface area contributed by atoms with Gasteiger partial charge in [0, 0.05) is 11.7 Å². The summed E-state index contributed by atoms with van der Waals surface area (Å²) >= 11 is 0. The van der Waals surface area contributed by atoms with E-state index in [4.69, 9.17) is 5.73 Å². The van der Waals surface area contributed by atoms with Gasteiger partial charge in [0.1, 0.15) is 11.3 Å². The molecule has 0 saturated heterocycles. The van der Waals surface area contributed by atoms with E-state index in [0.29, 0.717) is 44.2 Å². The van der Waals surface area contributed by atoms with E-state index in [0.717, 1.165) is 24.1 Å². The number of aryl methyl sites for hydroxylation is 1. The third-order valence-electron chi connectivity index (χ3n) is 7.01. The van der Waals surface area contributed by atoms with Crippen LogP contribution in [-0.2, 0) is 19.3 Å². The van der Waals surface area contributed by atoms with Gasteiger partial charge >= 0.3 is 0 Å². The lowest BCUT2D eigenvalue weighted by molar-refractivity contribution is 0.0995. The van der Waals surface area contributed by atoms with Crippen molar-refractivity contribution in [3.05, 3.63) is 40.0 Å². The van der Waals surface area contributed by atoms with E-state index in [-0.39, 0.29) is 11.5 Å². The number of aromatic nitrogens is 2. The standard InChI is InChI=1S/C24H31F3N4O2/c1-4-15-14-9-10-24(2,3)11-16(14)31(30-15)22-19(26)18(25)17(23(28)33)21(20(22)27)29-12-5-7-13(32)8-6-12/h12-13,29,32H,4-11H2,1-3H3,(H2,28,33). The van der Waals surface area contributed by atoms with Gasteiger partial charge in [0.15, 0.2) is 17.5 Å². The number of hydrogen-bond donors (Lipinski definition) is 3. The van der Waals surface area contributed by atoms with Crippen LogP contribution in [0.2, 0.25) is 0 Å². The summed E-state index contributed by atoms with van der Waals surface area (Å²) < 4.78 is 47.6. The number of benzene rings is 1. The van der Waals surface area contributed by atoms with Gasteiger partial charge in [-0.1, -0.05) is 20.8 Å². The zero-order valence-electron chi connectivity index (χ0n) is 19.3. The number of halogens is 3. The third-order valence-corrected chi connectivity index (χ3v) is 7.01. The Kier molecular flexibility index (Phi) is 6.20. The zero-order chi connectivity index (χ0) is 24.1. The van der Waals surface area contributed by atoms with Crippen LogP contribution in [0.4, 0.5) is 18.9 Å². The van der Waals surface area contributed by atoms with Crippen LogP contribution in [0.3, 0.4) is 0 Å². The molecule has 1 aromatic carbocycles. The van der Waals surface area contributed by atoms with Crippen molar-refractivity contribution in [3.8, 4) is 5.69 Å². The highest BCUT2D eigenvalue weighted by Gasteiger charge is 2.36. The summed E-state index contributed by atoms with van der Waals surface area (Å²) in [4.78, 5) is 12.0. The minimum atomic E-state index is -1.49. The first-order valence-corrected chi connectivity index (χ1v) is 11.6. The molecule has 9 heteroatoms. The van der Waals surface area contributed by atoms with Crippen LogP contribution in [0.5, 0.6) is 0 Å². The lowest BCUT2D eigenvalue weighted by atomic mass is 9.76. The maximum Gasteiger partial charge on any atom is 0.254 e. The molecule has 2 aromatic rings. The largest absolute Gasteiger partial charge is 0.393 e. The molecule has 0 spiro atoms. The van der Waals surface area contributed by atoms with E-state index < -0.39 is 46.4 Å². The lowest BCUT2D eigenvalue weighted by Gasteiger charge is -2.31. The summed E-state index contributed by atoms with van der Waals surface area (Å²) in [7, 11) is 0. The highest BCUT2D eigenvalue weighted by Crippen LogP contribution is 2.40. The summed E-state index contributed by atoms with van der Waals surface area (Å²) in [5, 5.41) is 17.1. The van der Waals surface area contributed by atoms with Crippen LogP contribution >= 0.6 is 0 Å². The van der Waals surface area contributed by atoms with Gasteiger partial charge in [0.25, 0.3) is 5.91 Å². The molecule has 0 unspecified atom stereocenters. The monoisotopic (exact) mass is 464 g/mol. The summed E-state index contributed by atoms with van der Waals surface area (Å²) in [5.41, 5.74) is 5.65. The highest BCUT2D eigenvalue weighted by atomic mass is 19.2. The number of fused-ring (bicyclic) bond motifs is 1. The molecule has 0 radical (unpaired) electrons. The summed E-state index contributed by atoms with van der Waals surface area (Å²) in [6.07, 6.45) is 4.29. The number of aliphatic hydroxyl groups is 1. The van der Waals surface area contributed by atoms with Gasteiger partial charge in [-0.3, -0.25) is 4.79 Å². The first-order valence-electron chi connectivity index (χ1n) is 11.6. The van der Waals surface area contributed by atoms with E-state index in [1.165, 1.54) is 4.68 Å². The fourth-order valence-corrected chi connectivity index (χ4v) is 5.11. The zero-order valence-corrected chi connectivity index (χ0v) is 19.3. The maximum absolute atomic E-state index is 15.9. The molecule has 0 aliphatic heterocycles. The molecule has 1 amide bonds. The molecule has 1 saturated carbocycles. The molecule has 0 bridgehead atoms. The third kappa shape index (κ3) is 4.23. The van der Waals surface area contributed by atoms with Gasteiger partial charge in [-0.2, -0.15) is 5.10 Å². The number of aliphatic hydroxyl groups excluding tert-OH is 1. The second-order valence-electron chi connectivity index (χ2n) is 10.0. The van der Waals surface area contributed by atoms with Crippen molar-refractivity contribution < 1.29 is 23.1 Å². The van der Waals surface area contributed by atoms with Crippen molar-refractivity contribution in [2.24, 2.45) is 11.1 Å². The minimum Gasteiger partial charge on any atom is -0.393 e. The van der Waals surface area contributed by atoms with Crippen molar-refractivity contribution in [3.63, 3.8) is 0 Å². The highest BCUT2D eigenvalue weighted by molar-refractivity contribution is 5.99. The molecule has 180 valence electrons. The Bertz CT molecular complexity index is 1090. The average Bonchev–Trinajstić information content (AvgIpc) is 3.09. The molecule has 4 N–H and O–H groups in total. The molecule has 4 rings (SSSR count). The number of primary amides is 1. The molecule has 6 nitrogen and oxygen atoms in total. The minimum absolute atomic E-state index is 0.0987. The second kappa shape index (κ2) is 8.66. The van der Waals surface area contributed by atoms with Gasteiger partial charge < -0.3 is 16.2 Å². The topological polar surface area (TPSA) is 93.2 Å². The van der Waals surface area contributed by atoms with Gasteiger partial charge in [0.2, 0.25) is 0 Å². The number of anilines is 1. The Morgan fingerprint density at radius 3 is 2.45 bits per heavy atom. The molecule has 1 aromatic heterocycles. The first-order chi connectivity index (χ1) is 15.5. The van der Waals surface area contributed by atoms with E-state index in [2.05, 4.69) is 24.3 Å². The van der Waals surface area contributed by atoms with Crippen molar-refractivity contribution >= 4 is 11.6 Å². The summed E-state index contributed by atoms with van der Waals surface area (Å²) in [6.45, 7) is 6.07. The molecular weight excluding hydrogens is 433 g/mol. The number of carbonyl (C=O) groups excluding carboxylic acids is 1. The number of hydrogen-bond acceptors (Lipinski definition) is 4. The van der Waals surface area contributed by atoms with E-state index >= 15 is 13.2 Å². The Morgan fingerprint density at radius 2 is 1.85 bits per heavy atom. The number of nitrogens with zero attached hydrogens (tertiary/aromatic N) is 2. The molecule has 33 heavy (non-hydrogen) atoms. The molecule has 1 heterocycles. The van der Waals surface area contributed by atoms with Gasteiger partial charge in [-0.05, 0) is 62.3 Å². The Hall–Kier alpha value is -2.55. The van der Waals surface area contributed by atoms with Gasteiger partial charge in [0.05, 0.1) is 17.5 Å². The molecule has 2 aliphatic carbocycles. The average molecular weight is 465 g/mol. The fourth-order valence-electron chi connectivity index (χ4n) is 5.11. The van der Waals surface area contributed by atoms with E-state index in [1.54, 1.807) is 0 Å². The SMILES string of the molecule is CCc1nn(-c2c(F)c(F)c(C(N)=O)c(NC3CCC(O)CC3)c2F)c2c1CCC(C)(C)C2. The fraction of sp³-hybridized carbons (Fsp3) is 0.583. The Morgan fingerprint density at radius 1 is 1.18 bits per heavy atom. The smallest absolute Gasteiger partial charge is 0.254 e. The summed E-state index contributed by atoms with van der Waals surface area (Å²) in [5.74, 6) is -5.32. The number of rotatable bonds is 5. The van der Waals surface area contributed by atoms with Gasteiger partial charge in [-0.15, -0.1) is 0 Å². The second-order valence-corrected chi connectivity index (χ2v) is 10.0. The van der Waals surface area contributed by atoms with Crippen LogP contribution < -0.4 is 11.1 Å².